The molecule has 0 atom stereocenters. The van der Waals surface area contributed by atoms with E-state index in [0.717, 1.165) is 43.2 Å². The predicted octanol–water partition coefficient (Wildman–Crippen LogP) is 2.91. The summed E-state index contributed by atoms with van der Waals surface area (Å²) in [6.07, 6.45) is 3.26. The summed E-state index contributed by atoms with van der Waals surface area (Å²) in [5, 5.41) is 5.71. The summed E-state index contributed by atoms with van der Waals surface area (Å²) in [5.74, 6) is 0.936. The third-order valence-corrected chi connectivity index (χ3v) is 6.10. The van der Waals surface area contributed by atoms with E-state index in [4.69, 9.17) is 0 Å². The second-order valence-electron chi connectivity index (χ2n) is 6.49. The zero-order valence-corrected chi connectivity index (χ0v) is 17.5. The van der Waals surface area contributed by atoms with Gasteiger partial charge < -0.3 is 14.8 Å². The van der Waals surface area contributed by atoms with Crippen LogP contribution in [0.3, 0.4) is 0 Å². The van der Waals surface area contributed by atoms with Gasteiger partial charge in [0, 0.05) is 68.6 Å². The molecule has 1 aliphatic heterocycles. The molecule has 3 rings (SSSR count). The Bertz CT molecular complexity index is 736. The molecule has 7 heteroatoms. The lowest BCUT2D eigenvalue weighted by atomic mass is 10.1. The molecule has 0 fully saturated rings. The van der Waals surface area contributed by atoms with E-state index in [1.165, 1.54) is 17.7 Å². The van der Waals surface area contributed by atoms with Crippen LogP contribution in [0.25, 0.3) is 0 Å². The van der Waals surface area contributed by atoms with Crippen LogP contribution in [0.5, 0.6) is 0 Å². The molecule has 0 unspecified atom stereocenters. The van der Waals surface area contributed by atoms with Crippen molar-refractivity contribution in [2.24, 2.45) is 12.0 Å². The molecule has 0 amide bonds. The van der Waals surface area contributed by atoms with Crippen molar-refractivity contribution in [3.8, 4) is 0 Å². The second-order valence-corrected chi connectivity index (χ2v) is 8.40. The maximum atomic E-state index is 4.42. The first-order chi connectivity index (χ1) is 12.1. The second kappa shape index (κ2) is 8.38. The van der Waals surface area contributed by atoms with Crippen LogP contribution in [-0.2, 0) is 26.6 Å². The number of nitrogens with zero attached hydrogens (tertiary/aromatic N) is 4. The van der Waals surface area contributed by atoms with Gasteiger partial charge in [-0.05, 0) is 45.4 Å². The summed E-state index contributed by atoms with van der Waals surface area (Å²) in [7, 11) is 5.99. The normalized spacial score (nSPS) is 15.3. The molecule has 25 heavy (non-hydrogen) atoms. The van der Waals surface area contributed by atoms with Crippen LogP contribution < -0.4 is 5.32 Å². The number of guanidine groups is 1. The van der Waals surface area contributed by atoms with E-state index in [9.17, 15) is 0 Å². The Morgan fingerprint density at radius 1 is 1.48 bits per heavy atom. The van der Waals surface area contributed by atoms with Crippen LogP contribution in [0.1, 0.15) is 16.1 Å². The van der Waals surface area contributed by atoms with E-state index in [0.29, 0.717) is 0 Å². The molecule has 0 aromatic carbocycles. The van der Waals surface area contributed by atoms with Crippen molar-refractivity contribution in [3.05, 3.63) is 44.3 Å². The number of hydrogen-bond donors (Lipinski definition) is 1. The Kier molecular flexibility index (Phi) is 6.19. The highest BCUT2D eigenvalue weighted by molar-refractivity contribution is 9.10. The Labute approximate surface area is 162 Å². The highest BCUT2D eigenvalue weighted by atomic mass is 79.9. The Morgan fingerprint density at radius 2 is 2.32 bits per heavy atom. The molecular weight excluding hydrogens is 398 g/mol. The van der Waals surface area contributed by atoms with E-state index in [1.54, 1.807) is 4.88 Å². The van der Waals surface area contributed by atoms with Crippen molar-refractivity contribution in [2.45, 2.75) is 19.5 Å². The SMILES string of the molecule is CN=C(NCCN1CCc2sccc2C1)N(C)Cc1cc(Br)cn1C. The number of fused-ring (bicyclic) bond motifs is 1. The fourth-order valence-corrected chi connectivity index (χ4v) is 4.71. The van der Waals surface area contributed by atoms with Gasteiger partial charge in [-0.25, -0.2) is 0 Å². The van der Waals surface area contributed by atoms with Crippen molar-refractivity contribution in [3.63, 3.8) is 0 Å². The first-order valence-corrected chi connectivity index (χ1v) is 10.2. The lowest BCUT2D eigenvalue weighted by Crippen LogP contribution is -2.43. The number of aliphatic imine (C=N–C) groups is 1. The molecule has 0 saturated heterocycles. The highest BCUT2D eigenvalue weighted by Crippen LogP contribution is 2.23. The van der Waals surface area contributed by atoms with Crippen LogP contribution >= 0.6 is 27.3 Å². The first kappa shape index (κ1) is 18.5. The zero-order chi connectivity index (χ0) is 17.8. The van der Waals surface area contributed by atoms with Crippen molar-refractivity contribution in [1.29, 1.82) is 0 Å². The predicted molar refractivity (Wildman–Crippen MR) is 109 cm³/mol. The number of halogens is 1. The van der Waals surface area contributed by atoms with Crippen LogP contribution in [0.15, 0.2) is 33.2 Å². The van der Waals surface area contributed by atoms with Gasteiger partial charge in [-0.1, -0.05) is 0 Å². The summed E-state index contributed by atoms with van der Waals surface area (Å²) in [5.41, 5.74) is 2.75. The molecule has 5 nitrogen and oxygen atoms in total. The van der Waals surface area contributed by atoms with Crippen LogP contribution in [0, 0.1) is 0 Å². The molecule has 0 bridgehead atoms. The maximum absolute atomic E-state index is 4.42. The van der Waals surface area contributed by atoms with Crippen LogP contribution in [-0.4, -0.2) is 54.1 Å². The lowest BCUT2D eigenvalue weighted by Gasteiger charge is -2.28. The van der Waals surface area contributed by atoms with E-state index >= 15 is 0 Å². The van der Waals surface area contributed by atoms with Crippen molar-refractivity contribution in [2.75, 3.05) is 33.7 Å². The third-order valence-electron chi connectivity index (χ3n) is 4.64. The lowest BCUT2D eigenvalue weighted by molar-refractivity contribution is 0.259. The average Bonchev–Trinajstić information content (AvgIpc) is 3.17. The Balaban J connectivity index is 1.47. The Hall–Kier alpha value is -1.31. The zero-order valence-electron chi connectivity index (χ0n) is 15.1. The number of aromatic nitrogens is 1. The molecule has 3 heterocycles. The molecule has 1 aliphatic rings. The van der Waals surface area contributed by atoms with Crippen molar-refractivity contribution >= 4 is 33.2 Å². The van der Waals surface area contributed by atoms with E-state index in [-0.39, 0.29) is 0 Å². The largest absolute Gasteiger partial charge is 0.355 e. The fraction of sp³-hybridized carbons (Fsp3) is 0.500. The molecule has 0 spiro atoms. The number of thiophene rings is 1. The topological polar surface area (TPSA) is 35.8 Å². The summed E-state index contributed by atoms with van der Waals surface area (Å²) < 4.78 is 3.25. The monoisotopic (exact) mass is 423 g/mol. The molecule has 2 aromatic rings. The molecule has 1 N–H and O–H groups in total. The molecule has 0 radical (unpaired) electrons. The van der Waals surface area contributed by atoms with E-state index < -0.39 is 0 Å². The minimum Gasteiger partial charge on any atom is -0.355 e. The van der Waals surface area contributed by atoms with Gasteiger partial charge in [0.2, 0.25) is 0 Å². The van der Waals surface area contributed by atoms with Crippen LogP contribution in [0.2, 0.25) is 0 Å². The summed E-state index contributed by atoms with van der Waals surface area (Å²) >= 11 is 5.43. The highest BCUT2D eigenvalue weighted by Gasteiger charge is 2.17. The number of nitrogens with one attached hydrogen (secondary N) is 1. The maximum Gasteiger partial charge on any atom is 0.193 e. The number of aryl methyl sites for hydroxylation is 1. The molecular formula is C18H26BrN5S. The Morgan fingerprint density at radius 3 is 3.04 bits per heavy atom. The summed E-state index contributed by atoms with van der Waals surface area (Å²) in [6, 6.07) is 4.42. The van der Waals surface area contributed by atoms with Gasteiger partial charge >= 0.3 is 0 Å². The minimum absolute atomic E-state index is 0.823. The third kappa shape index (κ3) is 4.65. The van der Waals surface area contributed by atoms with E-state index in [2.05, 4.69) is 78.4 Å². The van der Waals surface area contributed by atoms with Gasteiger partial charge in [0.1, 0.15) is 0 Å². The quantitative estimate of drug-likeness (QED) is 0.592. The smallest absolute Gasteiger partial charge is 0.193 e. The molecule has 2 aromatic heterocycles. The van der Waals surface area contributed by atoms with Crippen LogP contribution in [0.4, 0.5) is 0 Å². The van der Waals surface area contributed by atoms with Gasteiger partial charge in [0.05, 0.1) is 6.54 Å². The molecule has 0 aliphatic carbocycles. The standard InChI is InChI=1S/C18H26BrN5S/c1-20-18(23(3)13-16-10-15(19)12-22(16)2)21-6-8-24-7-4-17-14(11-24)5-9-25-17/h5,9-10,12H,4,6-8,11,13H2,1-3H3,(H,20,21). The number of rotatable bonds is 5. The van der Waals surface area contributed by atoms with E-state index in [1.807, 2.05) is 18.4 Å². The van der Waals surface area contributed by atoms with Crippen molar-refractivity contribution in [1.82, 2.24) is 19.7 Å². The summed E-state index contributed by atoms with van der Waals surface area (Å²) in [4.78, 5) is 10.7. The first-order valence-electron chi connectivity index (χ1n) is 8.57. The summed E-state index contributed by atoms with van der Waals surface area (Å²) in [6.45, 7) is 5.00. The fourth-order valence-electron chi connectivity index (χ4n) is 3.25. The van der Waals surface area contributed by atoms with Gasteiger partial charge in [-0.3, -0.25) is 9.89 Å². The van der Waals surface area contributed by atoms with Crippen molar-refractivity contribution < 1.29 is 0 Å². The van der Waals surface area contributed by atoms with Gasteiger partial charge in [0.15, 0.2) is 5.96 Å². The minimum atomic E-state index is 0.823. The molecule has 136 valence electrons. The number of hydrogen-bond acceptors (Lipinski definition) is 3. The molecule has 0 saturated carbocycles. The van der Waals surface area contributed by atoms with Gasteiger partial charge in [0.25, 0.3) is 0 Å². The van der Waals surface area contributed by atoms with Gasteiger partial charge in [-0.15, -0.1) is 11.3 Å². The average molecular weight is 424 g/mol. The van der Waals surface area contributed by atoms with Gasteiger partial charge in [-0.2, -0.15) is 0 Å².